The van der Waals surface area contributed by atoms with Gasteiger partial charge in [-0.1, -0.05) is 6.07 Å². The Labute approximate surface area is 145 Å². The molecule has 0 radical (unpaired) electrons. The van der Waals surface area contributed by atoms with Crippen molar-refractivity contribution in [2.45, 2.75) is 31.3 Å². The summed E-state index contributed by atoms with van der Waals surface area (Å²) in [6.45, 7) is 1.79. The molecular weight excluding hydrogens is 326 g/mol. The molecule has 2 fully saturated rings. The Balaban J connectivity index is 1.69. The average Bonchev–Trinajstić information content (AvgIpc) is 2.83. The summed E-state index contributed by atoms with van der Waals surface area (Å²) in [6, 6.07) is 4.90. The molecule has 0 aliphatic carbocycles. The summed E-state index contributed by atoms with van der Waals surface area (Å²) in [5.41, 5.74) is 0.0648. The summed E-state index contributed by atoms with van der Waals surface area (Å²) >= 11 is 0. The summed E-state index contributed by atoms with van der Waals surface area (Å²) < 4.78 is 0. The van der Waals surface area contributed by atoms with E-state index in [1.807, 2.05) is 0 Å². The molecular formula is C17H21N3O5. The van der Waals surface area contributed by atoms with Crippen molar-refractivity contribution in [3.05, 3.63) is 29.6 Å². The highest BCUT2D eigenvalue weighted by molar-refractivity contribution is 5.88. The van der Waals surface area contributed by atoms with Gasteiger partial charge in [0.15, 0.2) is 0 Å². The Bertz CT molecular complexity index is 712. The maximum Gasteiger partial charge on any atom is 0.354 e. The minimum atomic E-state index is -1.06. The number of aromatic carboxylic acids is 1. The lowest BCUT2D eigenvalue weighted by molar-refractivity contribution is -0.146. The molecule has 0 saturated carbocycles. The number of likely N-dealkylation sites (tertiary alicyclic amines) is 2. The molecule has 1 aromatic rings. The monoisotopic (exact) mass is 347 g/mol. The van der Waals surface area contributed by atoms with Crippen LogP contribution in [0.5, 0.6) is 0 Å². The third kappa shape index (κ3) is 3.09. The number of pyridine rings is 1. The molecule has 1 amide bonds. The third-order valence-corrected chi connectivity index (χ3v) is 5.50. The molecule has 134 valence electrons. The van der Waals surface area contributed by atoms with E-state index in [0.29, 0.717) is 38.2 Å². The van der Waals surface area contributed by atoms with E-state index in [1.165, 1.54) is 6.07 Å². The highest BCUT2D eigenvalue weighted by Gasteiger charge is 2.55. The van der Waals surface area contributed by atoms with Crippen molar-refractivity contribution in [1.29, 1.82) is 0 Å². The summed E-state index contributed by atoms with van der Waals surface area (Å²) in [5, 5.41) is 18.5. The summed E-state index contributed by atoms with van der Waals surface area (Å²) in [6.07, 6.45) is 1.24. The molecule has 2 N–H and O–H groups in total. The predicted octanol–water partition coefficient (Wildman–Crippen LogP) is 0.677. The number of hydrogen-bond donors (Lipinski definition) is 2. The molecule has 25 heavy (non-hydrogen) atoms. The van der Waals surface area contributed by atoms with Gasteiger partial charge in [0, 0.05) is 33.1 Å². The molecule has 8 nitrogen and oxygen atoms in total. The zero-order chi connectivity index (χ0) is 18.2. The number of amides is 1. The summed E-state index contributed by atoms with van der Waals surface area (Å²) in [7, 11) is 1.69. The van der Waals surface area contributed by atoms with Crippen molar-refractivity contribution in [3.63, 3.8) is 0 Å². The number of carboxylic acid groups (broad SMARTS) is 2. The van der Waals surface area contributed by atoms with Gasteiger partial charge in [-0.25, -0.2) is 9.78 Å². The quantitative estimate of drug-likeness (QED) is 0.824. The van der Waals surface area contributed by atoms with E-state index in [-0.39, 0.29) is 18.0 Å². The number of rotatable bonds is 4. The van der Waals surface area contributed by atoms with Crippen molar-refractivity contribution in [2.75, 3.05) is 20.1 Å². The fraction of sp³-hybridized carbons (Fsp3) is 0.529. The van der Waals surface area contributed by atoms with Crippen molar-refractivity contribution in [2.24, 2.45) is 5.92 Å². The number of aromatic nitrogens is 1. The highest BCUT2D eigenvalue weighted by Crippen LogP contribution is 2.42. The molecule has 0 bridgehead atoms. The van der Waals surface area contributed by atoms with E-state index < -0.39 is 23.4 Å². The van der Waals surface area contributed by atoms with Gasteiger partial charge in [-0.2, -0.15) is 0 Å². The standard InChI is InChI=1S/C17H21N3O5/c1-19-14(21)9-12(15(22)23)17(19)5-7-20(8-6-17)10-11-3-2-4-13(18-11)16(24)25/h2-4,12H,5-10H2,1H3,(H,22,23)(H,24,25). The average molecular weight is 347 g/mol. The van der Waals surface area contributed by atoms with Crippen molar-refractivity contribution in [1.82, 2.24) is 14.8 Å². The molecule has 2 aliphatic rings. The van der Waals surface area contributed by atoms with E-state index in [1.54, 1.807) is 24.1 Å². The third-order valence-electron chi connectivity index (χ3n) is 5.50. The summed E-state index contributed by atoms with van der Waals surface area (Å²) in [4.78, 5) is 42.5. The number of piperidine rings is 1. The normalized spacial score (nSPS) is 23.2. The predicted molar refractivity (Wildman–Crippen MR) is 87.0 cm³/mol. The van der Waals surface area contributed by atoms with Crippen LogP contribution < -0.4 is 0 Å². The number of aliphatic carboxylic acids is 1. The van der Waals surface area contributed by atoms with Gasteiger partial charge in [0.1, 0.15) is 5.69 Å². The first-order chi connectivity index (χ1) is 11.8. The van der Waals surface area contributed by atoms with Crippen LogP contribution in [-0.4, -0.2) is 68.5 Å². The molecule has 8 heteroatoms. The smallest absolute Gasteiger partial charge is 0.354 e. The van der Waals surface area contributed by atoms with Gasteiger partial charge in [0.05, 0.1) is 17.2 Å². The second kappa shape index (κ2) is 6.44. The van der Waals surface area contributed by atoms with E-state index >= 15 is 0 Å². The Hall–Kier alpha value is -2.48. The molecule has 1 unspecified atom stereocenters. The zero-order valence-electron chi connectivity index (χ0n) is 14.0. The van der Waals surface area contributed by atoms with Crippen molar-refractivity contribution >= 4 is 17.8 Å². The van der Waals surface area contributed by atoms with Gasteiger partial charge < -0.3 is 15.1 Å². The number of hydrogen-bond acceptors (Lipinski definition) is 5. The van der Waals surface area contributed by atoms with E-state index in [9.17, 15) is 19.5 Å². The van der Waals surface area contributed by atoms with Crippen molar-refractivity contribution in [3.8, 4) is 0 Å². The minimum absolute atomic E-state index is 0.0121. The maximum absolute atomic E-state index is 12.0. The van der Waals surface area contributed by atoms with E-state index in [2.05, 4.69) is 9.88 Å². The molecule has 1 aromatic heterocycles. The van der Waals surface area contributed by atoms with Gasteiger partial charge in [-0.05, 0) is 25.0 Å². The van der Waals surface area contributed by atoms with Crippen LogP contribution in [0, 0.1) is 5.92 Å². The molecule has 1 atom stereocenters. The van der Waals surface area contributed by atoms with Crippen LogP contribution in [0.1, 0.15) is 35.4 Å². The molecule has 2 aliphatic heterocycles. The lowest BCUT2D eigenvalue weighted by atomic mass is 9.77. The molecule has 1 spiro atoms. The van der Waals surface area contributed by atoms with Gasteiger partial charge >= 0.3 is 11.9 Å². The van der Waals surface area contributed by atoms with E-state index in [4.69, 9.17) is 5.11 Å². The van der Waals surface area contributed by atoms with Crippen LogP contribution >= 0.6 is 0 Å². The van der Waals surface area contributed by atoms with Crippen LogP contribution in [-0.2, 0) is 16.1 Å². The van der Waals surface area contributed by atoms with Gasteiger partial charge in [0.2, 0.25) is 5.91 Å². The topological polar surface area (TPSA) is 111 Å². The Morgan fingerprint density at radius 2 is 1.96 bits per heavy atom. The largest absolute Gasteiger partial charge is 0.481 e. The second-order valence-corrected chi connectivity index (χ2v) is 6.75. The first-order valence-corrected chi connectivity index (χ1v) is 8.24. The fourth-order valence-electron chi connectivity index (χ4n) is 4.00. The van der Waals surface area contributed by atoms with Crippen LogP contribution in [0.3, 0.4) is 0 Å². The lowest BCUT2D eigenvalue weighted by Crippen LogP contribution is -2.55. The van der Waals surface area contributed by atoms with Gasteiger partial charge in [-0.3, -0.25) is 14.5 Å². The fourth-order valence-corrected chi connectivity index (χ4v) is 4.00. The first kappa shape index (κ1) is 17.3. The number of carboxylic acids is 2. The van der Waals surface area contributed by atoms with E-state index in [0.717, 1.165) is 0 Å². The van der Waals surface area contributed by atoms with Crippen LogP contribution in [0.2, 0.25) is 0 Å². The number of carbonyl (C=O) groups is 3. The Morgan fingerprint density at radius 3 is 2.56 bits per heavy atom. The molecule has 3 heterocycles. The van der Waals surface area contributed by atoms with Crippen molar-refractivity contribution < 1.29 is 24.6 Å². The molecule has 2 saturated heterocycles. The van der Waals surface area contributed by atoms with Gasteiger partial charge in [-0.15, -0.1) is 0 Å². The van der Waals surface area contributed by atoms with Crippen LogP contribution in [0.4, 0.5) is 0 Å². The first-order valence-electron chi connectivity index (χ1n) is 8.24. The van der Waals surface area contributed by atoms with Crippen LogP contribution in [0.15, 0.2) is 18.2 Å². The Kier molecular flexibility index (Phi) is 4.47. The number of carbonyl (C=O) groups excluding carboxylic acids is 1. The molecule has 3 rings (SSSR count). The Morgan fingerprint density at radius 1 is 1.28 bits per heavy atom. The lowest BCUT2D eigenvalue weighted by Gasteiger charge is -2.45. The minimum Gasteiger partial charge on any atom is -0.481 e. The highest BCUT2D eigenvalue weighted by atomic mass is 16.4. The summed E-state index contributed by atoms with van der Waals surface area (Å²) in [5.74, 6) is -2.76. The zero-order valence-corrected chi connectivity index (χ0v) is 14.0. The number of nitrogens with zero attached hydrogens (tertiary/aromatic N) is 3. The SMILES string of the molecule is CN1C(=O)CC(C(=O)O)C12CCN(Cc1cccc(C(=O)O)n1)CC2. The second-order valence-electron chi connectivity index (χ2n) is 6.75. The molecule has 0 aromatic carbocycles. The van der Waals surface area contributed by atoms with Crippen LogP contribution in [0.25, 0.3) is 0 Å². The van der Waals surface area contributed by atoms with Gasteiger partial charge in [0.25, 0.3) is 0 Å². The maximum atomic E-state index is 12.0.